The summed E-state index contributed by atoms with van der Waals surface area (Å²) in [4.78, 5) is 49.3. The molecule has 184 valence electrons. The van der Waals surface area contributed by atoms with Crippen molar-refractivity contribution in [3.8, 4) is 0 Å². The molecule has 4 rings (SSSR count). The van der Waals surface area contributed by atoms with Gasteiger partial charge in [0.25, 0.3) is 0 Å². The quantitative estimate of drug-likeness (QED) is 0.540. The van der Waals surface area contributed by atoms with E-state index in [0.29, 0.717) is 30.4 Å². The molecule has 1 saturated heterocycles. The monoisotopic (exact) mass is 471 g/mol. The molecule has 0 aromatic heterocycles. The molecular weight excluding hydrogens is 437 g/mol. The zero-order chi connectivity index (χ0) is 24.2. The second-order valence-corrected chi connectivity index (χ2v) is 9.65. The maximum Gasteiger partial charge on any atom is 0.243 e. The zero-order valence-electron chi connectivity index (χ0n) is 19.9. The van der Waals surface area contributed by atoms with Gasteiger partial charge in [-0.15, -0.1) is 0 Å². The molecular formula is C25H34FN5O3. The van der Waals surface area contributed by atoms with Gasteiger partial charge in [-0.25, -0.2) is 14.4 Å². The molecule has 8 nitrogen and oxygen atoms in total. The largest absolute Gasteiger partial charge is 0.345 e. The number of carbonyl (C=O) groups excluding carboxylic acids is 3. The molecule has 0 spiro atoms. The van der Waals surface area contributed by atoms with Crippen LogP contribution in [0.2, 0.25) is 0 Å². The molecule has 2 N–H and O–H groups in total. The minimum Gasteiger partial charge on any atom is -0.345 e. The fraction of sp³-hybridized carbons (Fsp3) is 0.640. The number of hydrogen-bond acceptors (Lipinski definition) is 5. The lowest BCUT2D eigenvalue weighted by Gasteiger charge is -2.36. The molecule has 4 atom stereocenters. The van der Waals surface area contributed by atoms with Crippen molar-refractivity contribution in [2.24, 2.45) is 15.9 Å². The van der Waals surface area contributed by atoms with Gasteiger partial charge in [0, 0.05) is 19.0 Å². The number of amides is 3. The van der Waals surface area contributed by atoms with E-state index in [-0.39, 0.29) is 30.0 Å². The van der Waals surface area contributed by atoms with Crippen LogP contribution in [0.15, 0.2) is 33.9 Å². The number of nitrogens with zero attached hydrogens (tertiary/aromatic N) is 3. The highest BCUT2D eigenvalue weighted by Crippen LogP contribution is 2.32. The molecule has 1 saturated carbocycles. The number of fused-ring (bicyclic) bond motifs is 1. The topological polar surface area (TPSA) is 103 Å². The molecule has 2 aliphatic heterocycles. The number of hydrogen-bond donors (Lipinski definition) is 2. The van der Waals surface area contributed by atoms with Gasteiger partial charge >= 0.3 is 0 Å². The molecule has 4 aliphatic rings. The molecule has 0 radical (unpaired) electrons. The fourth-order valence-electron chi connectivity index (χ4n) is 4.71. The first-order valence-electron chi connectivity index (χ1n) is 12.4. The number of nitrogens with one attached hydrogen (secondary N) is 2. The fourth-order valence-corrected chi connectivity index (χ4v) is 4.71. The summed E-state index contributed by atoms with van der Waals surface area (Å²) < 4.78 is 14.1. The minimum absolute atomic E-state index is 0.0892. The number of carbonyl (C=O) groups is 3. The van der Waals surface area contributed by atoms with Gasteiger partial charge in [-0.2, -0.15) is 0 Å². The molecule has 2 fully saturated rings. The maximum absolute atomic E-state index is 14.1. The van der Waals surface area contributed by atoms with Crippen molar-refractivity contribution >= 4 is 29.3 Å². The second kappa shape index (κ2) is 10.6. The SMILES string of the molecule is CC[C@H]1CCCCN1C(=O)C[C@H](NC(=O)CC1CC1)C(=O)N[C@@H](C)C1=NC2=CC=CC(F)C2=N1. The summed E-state index contributed by atoms with van der Waals surface area (Å²) >= 11 is 0. The van der Waals surface area contributed by atoms with E-state index in [1.807, 2.05) is 4.90 Å². The summed E-state index contributed by atoms with van der Waals surface area (Å²) in [6.07, 6.45) is 9.54. The predicted octanol–water partition coefficient (Wildman–Crippen LogP) is 2.60. The summed E-state index contributed by atoms with van der Waals surface area (Å²) in [6.45, 7) is 4.45. The summed E-state index contributed by atoms with van der Waals surface area (Å²) in [5.74, 6) is -0.122. The van der Waals surface area contributed by atoms with Crippen LogP contribution in [0.4, 0.5) is 4.39 Å². The first-order chi connectivity index (χ1) is 16.4. The van der Waals surface area contributed by atoms with E-state index < -0.39 is 24.2 Å². The van der Waals surface area contributed by atoms with Crippen LogP contribution in [0.3, 0.4) is 0 Å². The Morgan fingerprint density at radius 3 is 2.68 bits per heavy atom. The van der Waals surface area contributed by atoms with Crippen LogP contribution in [-0.2, 0) is 14.4 Å². The second-order valence-electron chi connectivity index (χ2n) is 9.65. The highest BCUT2D eigenvalue weighted by Gasteiger charge is 2.34. The zero-order valence-corrected chi connectivity index (χ0v) is 19.9. The first-order valence-corrected chi connectivity index (χ1v) is 12.4. The van der Waals surface area contributed by atoms with Gasteiger partial charge < -0.3 is 15.5 Å². The molecule has 2 aliphatic carbocycles. The smallest absolute Gasteiger partial charge is 0.243 e. The third kappa shape index (κ3) is 5.80. The lowest BCUT2D eigenvalue weighted by Crippen LogP contribution is -2.53. The van der Waals surface area contributed by atoms with Gasteiger partial charge in [0.2, 0.25) is 17.7 Å². The molecule has 9 heteroatoms. The first kappa shape index (κ1) is 24.3. The van der Waals surface area contributed by atoms with Crippen LogP contribution >= 0.6 is 0 Å². The van der Waals surface area contributed by atoms with Gasteiger partial charge in [-0.1, -0.05) is 13.0 Å². The van der Waals surface area contributed by atoms with Crippen LogP contribution in [0.25, 0.3) is 0 Å². The number of piperidine rings is 1. The molecule has 0 bridgehead atoms. The number of amidine groups is 1. The highest BCUT2D eigenvalue weighted by molar-refractivity contribution is 6.17. The van der Waals surface area contributed by atoms with E-state index in [2.05, 4.69) is 27.5 Å². The lowest BCUT2D eigenvalue weighted by atomic mass is 9.98. The van der Waals surface area contributed by atoms with Crippen molar-refractivity contribution < 1.29 is 18.8 Å². The van der Waals surface area contributed by atoms with Crippen LogP contribution in [0.1, 0.15) is 65.2 Å². The third-order valence-electron chi connectivity index (χ3n) is 6.89. The Balaban J connectivity index is 1.42. The Labute approximate surface area is 199 Å². The van der Waals surface area contributed by atoms with Gasteiger partial charge in [-0.05, 0) is 63.5 Å². The van der Waals surface area contributed by atoms with Crippen LogP contribution in [0, 0.1) is 5.92 Å². The number of rotatable bonds is 9. The highest BCUT2D eigenvalue weighted by atomic mass is 19.1. The Hall–Kier alpha value is -2.84. The summed E-state index contributed by atoms with van der Waals surface area (Å²) in [7, 11) is 0. The molecule has 2 heterocycles. The maximum atomic E-state index is 14.1. The predicted molar refractivity (Wildman–Crippen MR) is 128 cm³/mol. The van der Waals surface area contributed by atoms with Crippen molar-refractivity contribution in [3.63, 3.8) is 0 Å². The number of likely N-dealkylation sites (tertiary alicyclic amines) is 1. The van der Waals surface area contributed by atoms with E-state index in [1.54, 1.807) is 19.1 Å². The number of alkyl halides is 1. The lowest BCUT2D eigenvalue weighted by molar-refractivity contribution is -0.139. The third-order valence-corrected chi connectivity index (χ3v) is 6.89. The van der Waals surface area contributed by atoms with E-state index in [0.717, 1.165) is 38.5 Å². The Morgan fingerprint density at radius 2 is 1.97 bits per heavy atom. The molecule has 3 amide bonds. The van der Waals surface area contributed by atoms with Crippen molar-refractivity contribution in [3.05, 3.63) is 23.9 Å². The summed E-state index contributed by atoms with van der Waals surface area (Å²) in [5.41, 5.74) is 0.685. The normalized spacial score (nSPS) is 25.5. The van der Waals surface area contributed by atoms with E-state index in [9.17, 15) is 18.8 Å². The standard InChI is InChI=1S/C25H34FN5O3/c1-3-17-7-4-5-12-31(17)22(33)14-20(28-21(32)13-16-10-11-16)25(34)27-15(2)24-29-19-9-6-8-18(26)23(19)30-24/h6,8-9,15-18,20H,3-5,7,10-14H2,1-2H3,(H,27,34)(H,28,32)/t15-,17-,18?,20-/m0/s1. The molecule has 1 unspecified atom stereocenters. The van der Waals surface area contributed by atoms with Gasteiger partial charge in [-0.3, -0.25) is 14.4 Å². The number of aliphatic imine (C=N–C) groups is 2. The Bertz CT molecular complexity index is 952. The van der Waals surface area contributed by atoms with E-state index >= 15 is 0 Å². The van der Waals surface area contributed by atoms with Crippen molar-refractivity contribution in [1.82, 2.24) is 15.5 Å². The number of allylic oxidation sites excluding steroid dienone is 4. The van der Waals surface area contributed by atoms with Crippen molar-refractivity contribution in [1.29, 1.82) is 0 Å². The van der Waals surface area contributed by atoms with Crippen LogP contribution < -0.4 is 10.6 Å². The van der Waals surface area contributed by atoms with Crippen LogP contribution in [0.5, 0.6) is 0 Å². The van der Waals surface area contributed by atoms with Crippen LogP contribution in [-0.4, -0.2) is 65.0 Å². The molecule has 34 heavy (non-hydrogen) atoms. The summed E-state index contributed by atoms with van der Waals surface area (Å²) in [5, 5.41) is 5.61. The molecule has 0 aromatic rings. The van der Waals surface area contributed by atoms with Gasteiger partial charge in [0.05, 0.1) is 18.2 Å². The van der Waals surface area contributed by atoms with Gasteiger partial charge in [0.1, 0.15) is 11.8 Å². The summed E-state index contributed by atoms with van der Waals surface area (Å²) in [6, 6.07) is -1.41. The van der Waals surface area contributed by atoms with Crippen molar-refractivity contribution in [2.45, 2.75) is 89.5 Å². The van der Waals surface area contributed by atoms with E-state index in [1.165, 1.54) is 6.08 Å². The number of halogens is 1. The molecule has 0 aromatic carbocycles. The Kier molecular flexibility index (Phi) is 7.58. The van der Waals surface area contributed by atoms with E-state index in [4.69, 9.17) is 0 Å². The average molecular weight is 472 g/mol. The Morgan fingerprint density at radius 1 is 1.18 bits per heavy atom. The van der Waals surface area contributed by atoms with Crippen molar-refractivity contribution in [2.75, 3.05) is 6.54 Å². The van der Waals surface area contributed by atoms with Gasteiger partial charge in [0.15, 0.2) is 12.0 Å². The average Bonchev–Trinajstić information content (AvgIpc) is 3.51. The minimum atomic E-state index is -1.33.